The number of nitrogens with zero attached hydrogens (tertiary/aromatic N) is 1. The third kappa shape index (κ3) is 4.35. The van der Waals surface area contributed by atoms with Gasteiger partial charge < -0.3 is 20.1 Å². The number of ether oxygens (including phenoxy) is 2. The van der Waals surface area contributed by atoms with Crippen molar-refractivity contribution in [1.82, 2.24) is 4.98 Å². The topological polar surface area (TPSA) is 72.5 Å². The molecular formula is C21H20ClN3O3. The fourth-order valence-electron chi connectivity index (χ4n) is 2.60. The molecule has 7 heteroatoms. The van der Waals surface area contributed by atoms with Crippen molar-refractivity contribution in [3.8, 4) is 11.5 Å². The van der Waals surface area contributed by atoms with Crippen LogP contribution in [0.25, 0.3) is 0 Å². The summed E-state index contributed by atoms with van der Waals surface area (Å²) < 4.78 is 10.4. The maximum absolute atomic E-state index is 12.5. The van der Waals surface area contributed by atoms with E-state index >= 15 is 0 Å². The highest BCUT2D eigenvalue weighted by molar-refractivity contribution is 6.31. The van der Waals surface area contributed by atoms with Crippen molar-refractivity contribution in [2.45, 2.75) is 6.92 Å². The van der Waals surface area contributed by atoms with E-state index in [1.54, 1.807) is 44.6 Å². The summed E-state index contributed by atoms with van der Waals surface area (Å²) in [6, 6.07) is 14.2. The summed E-state index contributed by atoms with van der Waals surface area (Å²) in [6.45, 7) is 1.93. The standard InChI is InChI=1S/C21H20ClN3O3/c1-13-16(22)5-4-6-17(13)25-20-10-7-14(12-23-20)21(26)24-15-8-9-18(27-2)19(11-15)28-3/h4-12H,1-3H3,(H,23,25)(H,24,26). The van der Waals surface area contributed by atoms with Crippen LogP contribution in [0.2, 0.25) is 5.02 Å². The molecule has 2 aromatic carbocycles. The highest BCUT2D eigenvalue weighted by atomic mass is 35.5. The Labute approximate surface area is 168 Å². The largest absolute Gasteiger partial charge is 0.493 e. The number of anilines is 3. The highest BCUT2D eigenvalue weighted by Gasteiger charge is 2.10. The van der Waals surface area contributed by atoms with Gasteiger partial charge in [-0.05, 0) is 48.9 Å². The number of carbonyl (C=O) groups is 1. The molecule has 1 amide bonds. The van der Waals surface area contributed by atoms with Gasteiger partial charge in [0.1, 0.15) is 5.82 Å². The quantitative estimate of drug-likeness (QED) is 0.608. The zero-order chi connectivity index (χ0) is 20.1. The number of hydrogen-bond donors (Lipinski definition) is 2. The maximum Gasteiger partial charge on any atom is 0.257 e. The molecule has 0 aliphatic rings. The Kier molecular flexibility index (Phi) is 6.01. The van der Waals surface area contributed by atoms with Crippen molar-refractivity contribution >= 4 is 34.7 Å². The molecule has 0 atom stereocenters. The summed E-state index contributed by atoms with van der Waals surface area (Å²) in [5, 5.41) is 6.69. The molecular weight excluding hydrogens is 378 g/mol. The molecule has 1 heterocycles. The number of nitrogens with one attached hydrogen (secondary N) is 2. The minimum atomic E-state index is -0.273. The van der Waals surface area contributed by atoms with Crippen molar-refractivity contribution in [3.63, 3.8) is 0 Å². The Morgan fingerprint density at radius 3 is 2.50 bits per heavy atom. The predicted molar refractivity (Wildman–Crippen MR) is 111 cm³/mol. The molecule has 0 unspecified atom stereocenters. The van der Waals surface area contributed by atoms with Crippen LogP contribution in [0, 0.1) is 6.92 Å². The molecule has 0 saturated carbocycles. The first-order valence-electron chi connectivity index (χ1n) is 8.53. The summed E-state index contributed by atoms with van der Waals surface area (Å²) in [6.07, 6.45) is 1.51. The van der Waals surface area contributed by atoms with Gasteiger partial charge in [-0.1, -0.05) is 17.7 Å². The summed E-state index contributed by atoms with van der Waals surface area (Å²) in [4.78, 5) is 16.8. The van der Waals surface area contributed by atoms with Crippen LogP contribution >= 0.6 is 11.6 Å². The number of halogens is 1. The minimum Gasteiger partial charge on any atom is -0.493 e. The van der Waals surface area contributed by atoms with Gasteiger partial charge in [-0.2, -0.15) is 0 Å². The number of rotatable bonds is 6. The Morgan fingerprint density at radius 2 is 1.82 bits per heavy atom. The van der Waals surface area contributed by atoms with Gasteiger partial charge in [-0.25, -0.2) is 4.98 Å². The second kappa shape index (κ2) is 8.63. The number of aromatic nitrogens is 1. The smallest absolute Gasteiger partial charge is 0.257 e. The van der Waals surface area contributed by atoms with Crippen molar-refractivity contribution in [2.24, 2.45) is 0 Å². The number of carbonyl (C=O) groups excluding carboxylic acids is 1. The summed E-state index contributed by atoms with van der Waals surface area (Å²) >= 11 is 6.13. The average molecular weight is 398 g/mol. The number of pyridine rings is 1. The van der Waals surface area contributed by atoms with E-state index in [2.05, 4.69) is 15.6 Å². The van der Waals surface area contributed by atoms with Gasteiger partial charge in [0.2, 0.25) is 0 Å². The van der Waals surface area contributed by atoms with Crippen LogP contribution in [-0.4, -0.2) is 25.1 Å². The van der Waals surface area contributed by atoms with Gasteiger partial charge in [0.05, 0.1) is 19.8 Å². The molecule has 0 aliphatic carbocycles. The van der Waals surface area contributed by atoms with E-state index in [0.29, 0.717) is 33.6 Å². The zero-order valence-electron chi connectivity index (χ0n) is 15.7. The summed E-state index contributed by atoms with van der Waals surface area (Å²) in [5.41, 5.74) is 2.83. The number of benzene rings is 2. The SMILES string of the molecule is COc1ccc(NC(=O)c2ccc(Nc3cccc(Cl)c3C)nc2)cc1OC. The molecule has 0 radical (unpaired) electrons. The third-order valence-corrected chi connectivity index (χ3v) is 4.61. The molecule has 28 heavy (non-hydrogen) atoms. The minimum absolute atomic E-state index is 0.273. The molecule has 6 nitrogen and oxygen atoms in total. The molecule has 2 N–H and O–H groups in total. The van der Waals surface area contributed by atoms with Crippen LogP contribution in [0.15, 0.2) is 54.7 Å². The molecule has 1 aromatic heterocycles. The lowest BCUT2D eigenvalue weighted by Gasteiger charge is -2.11. The highest BCUT2D eigenvalue weighted by Crippen LogP contribution is 2.30. The Morgan fingerprint density at radius 1 is 1.04 bits per heavy atom. The van der Waals surface area contributed by atoms with Gasteiger partial charge in [-0.15, -0.1) is 0 Å². The second-order valence-electron chi connectivity index (χ2n) is 5.99. The van der Waals surface area contributed by atoms with Crippen LogP contribution in [-0.2, 0) is 0 Å². The second-order valence-corrected chi connectivity index (χ2v) is 6.40. The van der Waals surface area contributed by atoms with Gasteiger partial charge >= 0.3 is 0 Å². The lowest BCUT2D eigenvalue weighted by molar-refractivity contribution is 0.102. The van der Waals surface area contributed by atoms with Crippen molar-refractivity contribution in [3.05, 3.63) is 70.9 Å². The van der Waals surface area contributed by atoms with E-state index in [0.717, 1.165) is 11.3 Å². The normalized spacial score (nSPS) is 10.3. The molecule has 144 valence electrons. The molecule has 3 rings (SSSR count). The lowest BCUT2D eigenvalue weighted by atomic mass is 10.2. The molecule has 0 bridgehead atoms. The first-order valence-corrected chi connectivity index (χ1v) is 8.91. The number of methoxy groups -OCH3 is 2. The molecule has 0 aliphatic heterocycles. The van der Waals surface area contributed by atoms with E-state index in [9.17, 15) is 4.79 Å². The molecule has 0 fully saturated rings. The van der Waals surface area contributed by atoms with Crippen LogP contribution < -0.4 is 20.1 Å². The van der Waals surface area contributed by atoms with E-state index < -0.39 is 0 Å². The van der Waals surface area contributed by atoms with E-state index in [1.165, 1.54) is 6.20 Å². The van der Waals surface area contributed by atoms with Gasteiger partial charge in [0.25, 0.3) is 5.91 Å². The lowest BCUT2D eigenvalue weighted by Crippen LogP contribution is -2.12. The molecule has 3 aromatic rings. The van der Waals surface area contributed by atoms with Crippen LogP contribution in [0.4, 0.5) is 17.2 Å². The van der Waals surface area contributed by atoms with Crippen molar-refractivity contribution in [2.75, 3.05) is 24.9 Å². The third-order valence-electron chi connectivity index (χ3n) is 4.20. The summed E-state index contributed by atoms with van der Waals surface area (Å²) in [5.74, 6) is 1.47. The van der Waals surface area contributed by atoms with Crippen molar-refractivity contribution in [1.29, 1.82) is 0 Å². The fourth-order valence-corrected chi connectivity index (χ4v) is 2.77. The predicted octanol–water partition coefficient (Wildman–Crippen LogP) is 5.06. The summed E-state index contributed by atoms with van der Waals surface area (Å²) in [7, 11) is 3.10. The van der Waals surface area contributed by atoms with Crippen molar-refractivity contribution < 1.29 is 14.3 Å². The van der Waals surface area contributed by atoms with E-state index in [4.69, 9.17) is 21.1 Å². The molecule has 0 saturated heterocycles. The zero-order valence-corrected chi connectivity index (χ0v) is 16.5. The van der Waals surface area contributed by atoms with Crippen LogP contribution in [0.1, 0.15) is 15.9 Å². The number of amides is 1. The first-order chi connectivity index (χ1) is 13.5. The van der Waals surface area contributed by atoms with E-state index in [-0.39, 0.29) is 5.91 Å². The van der Waals surface area contributed by atoms with Crippen LogP contribution in [0.5, 0.6) is 11.5 Å². The first kappa shape index (κ1) is 19.5. The van der Waals surface area contributed by atoms with E-state index in [1.807, 2.05) is 25.1 Å². The van der Waals surface area contributed by atoms with Gasteiger partial charge in [-0.3, -0.25) is 4.79 Å². The van der Waals surface area contributed by atoms with Crippen LogP contribution in [0.3, 0.4) is 0 Å². The Balaban J connectivity index is 1.71. The van der Waals surface area contributed by atoms with Gasteiger partial charge in [0.15, 0.2) is 11.5 Å². The molecule has 0 spiro atoms. The Hall–Kier alpha value is -3.25. The number of hydrogen-bond acceptors (Lipinski definition) is 5. The fraction of sp³-hybridized carbons (Fsp3) is 0.143. The van der Waals surface area contributed by atoms with Gasteiger partial charge in [0, 0.05) is 28.7 Å². The maximum atomic E-state index is 12.5. The average Bonchev–Trinajstić information content (AvgIpc) is 2.71. The monoisotopic (exact) mass is 397 g/mol. The Bertz CT molecular complexity index is 991.